The molecule has 0 bridgehead atoms. The fraction of sp³-hybridized carbons (Fsp3) is 0.312. The SMILES string of the molecule is NC(=O)N1CCC[C@H]1C(=O)NCc1cc(-c2ccc(Cl)cc2)no1. The number of hydrogen-bond acceptors (Lipinski definition) is 4. The Balaban J connectivity index is 1.60. The van der Waals surface area contributed by atoms with E-state index in [4.69, 9.17) is 21.9 Å². The van der Waals surface area contributed by atoms with Gasteiger partial charge in [-0.1, -0.05) is 28.9 Å². The summed E-state index contributed by atoms with van der Waals surface area (Å²) in [5.41, 5.74) is 6.81. The maximum absolute atomic E-state index is 12.2. The summed E-state index contributed by atoms with van der Waals surface area (Å²) in [6.45, 7) is 0.707. The predicted molar refractivity (Wildman–Crippen MR) is 88.1 cm³/mol. The van der Waals surface area contributed by atoms with Crippen molar-refractivity contribution in [1.82, 2.24) is 15.4 Å². The van der Waals surface area contributed by atoms with E-state index in [1.807, 2.05) is 12.1 Å². The zero-order valence-electron chi connectivity index (χ0n) is 12.9. The lowest BCUT2D eigenvalue weighted by atomic mass is 10.1. The van der Waals surface area contributed by atoms with Crippen molar-refractivity contribution in [2.24, 2.45) is 5.73 Å². The van der Waals surface area contributed by atoms with E-state index in [2.05, 4.69) is 10.5 Å². The molecular weight excluding hydrogens is 332 g/mol. The molecule has 3 amide bonds. The summed E-state index contributed by atoms with van der Waals surface area (Å²) in [6, 6.07) is 7.89. The Morgan fingerprint density at radius 3 is 2.83 bits per heavy atom. The van der Waals surface area contributed by atoms with Crippen molar-refractivity contribution in [2.45, 2.75) is 25.4 Å². The minimum atomic E-state index is -0.572. The first kappa shape index (κ1) is 16.3. The summed E-state index contributed by atoms with van der Waals surface area (Å²) in [4.78, 5) is 24.9. The second-order valence-corrected chi connectivity index (χ2v) is 6.03. The molecule has 0 saturated carbocycles. The molecule has 1 aromatic carbocycles. The topological polar surface area (TPSA) is 101 Å². The van der Waals surface area contributed by atoms with Crippen LogP contribution < -0.4 is 11.1 Å². The van der Waals surface area contributed by atoms with Gasteiger partial charge in [-0.2, -0.15) is 0 Å². The van der Waals surface area contributed by atoms with Gasteiger partial charge in [0, 0.05) is 23.2 Å². The summed E-state index contributed by atoms with van der Waals surface area (Å²) in [5, 5.41) is 7.38. The van der Waals surface area contributed by atoms with Gasteiger partial charge in [0.2, 0.25) is 5.91 Å². The minimum absolute atomic E-state index is 0.197. The number of aromatic nitrogens is 1. The van der Waals surface area contributed by atoms with Crippen LogP contribution in [0.15, 0.2) is 34.9 Å². The van der Waals surface area contributed by atoms with Crippen LogP contribution in [0, 0.1) is 0 Å². The molecule has 1 fully saturated rings. The zero-order valence-corrected chi connectivity index (χ0v) is 13.6. The van der Waals surface area contributed by atoms with Crippen LogP contribution in [0.25, 0.3) is 11.3 Å². The van der Waals surface area contributed by atoms with Gasteiger partial charge in [-0.15, -0.1) is 0 Å². The number of nitrogens with one attached hydrogen (secondary N) is 1. The van der Waals surface area contributed by atoms with Gasteiger partial charge in [-0.3, -0.25) is 4.79 Å². The van der Waals surface area contributed by atoms with Crippen molar-refractivity contribution in [3.05, 3.63) is 41.1 Å². The van der Waals surface area contributed by atoms with Gasteiger partial charge in [0.15, 0.2) is 5.76 Å². The first-order valence-electron chi connectivity index (χ1n) is 7.60. The van der Waals surface area contributed by atoms with Gasteiger partial charge >= 0.3 is 6.03 Å². The number of amides is 3. The lowest BCUT2D eigenvalue weighted by Crippen LogP contribution is -2.47. The van der Waals surface area contributed by atoms with Crippen molar-refractivity contribution < 1.29 is 14.1 Å². The molecule has 1 aromatic heterocycles. The number of carbonyl (C=O) groups is 2. The van der Waals surface area contributed by atoms with Gasteiger partial charge in [-0.05, 0) is 25.0 Å². The molecule has 1 aliphatic rings. The van der Waals surface area contributed by atoms with Crippen molar-refractivity contribution >= 4 is 23.5 Å². The van der Waals surface area contributed by atoms with Crippen LogP contribution in [-0.2, 0) is 11.3 Å². The van der Waals surface area contributed by atoms with Gasteiger partial charge in [0.1, 0.15) is 11.7 Å². The van der Waals surface area contributed by atoms with Crippen molar-refractivity contribution in [1.29, 1.82) is 0 Å². The molecule has 0 unspecified atom stereocenters. The largest absolute Gasteiger partial charge is 0.359 e. The van der Waals surface area contributed by atoms with Crippen LogP contribution in [0.2, 0.25) is 5.02 Å². The normalized spacial score (nSPS) is 17.0. The highest BCUT2D eigenvalue weighted by molar-refractivity contribution is 6.30. The molecule has 3 N–H and O–H groups in total. The monoisotopic (exact) mass is 348 g/mol. The van der Waals surface area contributed by atoms with Gasteiger partial charge < -0.3 is 20.5 Å². The van der Waals surface area contributed by atoms with Crippen LogP contribution in [0.5, 0.6) is 0 Å². The van der Waals surface area contributed by atoms with Gasteiger partial charge in [0.25, 0.3) is 0 Å². The van der Waals surface area contributed by atoms with Gasteiger partial charge in [-0.25, -0.2) is 4.79 Å². The Bertz CT molecular complexity index is 744. The molecule has 0 aliphatic carbocycles. The summed E-state index contributed by atoms with van der Waals surface area (Å²) in [5.74, 6) is 0.285. The minimum Gasteiger partial charge on any atom is -0.359 e. The van der Waals surface area contributed by atoms with E-state index in [1.54, 1.807) is 18.2 Å². The van der Waals surface area contributed by atoms with Crippen LogP contribution in [0.1, 0.15) is 18.6 Å². The molecule has 8 heteroatoms. The molecule has 1 saturated heterocycles. The van der Waals surface area contributed by atoms with E-state index < -0.39 is 12.1 Å². The first-order chi connectivity index (χ1) is 11.5. The molecule has 3 rings (SSSR count). The van der Waals surface area contributed by atoms with Crippen LogP contribution in [-0.4, -0.2) is 34.6 Å². The van der Waals surface area contributed by atoms with Gasteiger partial charge in [0.05, 0.1) is 6.54 Å². The number of nitrogens with two attached hydrogens (primary N) is 1. The predicted octanol–water partition coefficient (Wildman–Crippen LogP) is 2.15. The van der Waals surface area contributed by atoms with E-state index >= 15 is 0 Å². The number of primary amides is 1. The highest BCUT2D eigenvalue weighted by Gasteiger charge is 2.32. The molecule has 1 atom stereocenters. The number of rotatable bonds is 4. The summed E-state index contributed by atoms with van der Waals surface area (Å²) in [7, 11) is 0. The molecule has 2 heterocycles. The number of urea groups is 1. The zero-order chi connectivity index (χ0) is 17.1. The Hall–Kier alpha value is -2.54. The lowest BCUT2D eigenvalue weighted by molar-refractivity contribution is -0.124. The van der Waals surface area contributed by atoms with E-state index in [0.717, 1.165) is 12.0 Å². The Labute approximate surface area is 143 Å². The summed E-state index contributed by atoms with van der Waals surface area (Å²) < 4.78 is 5.23. The standard InChI is InChI=1S/C16H17ClN4O3/c17-11-5-3-10(4-6-11)13-8-12(24-20-13)9-19-15(22)14-2-1-7-21(14)16(18)23/h3-6,8,14H,1-2,7,9H2,(H2,18,23)(H,19,22)/t14-/m0/s1. The second-order valence-electron chi connectivity index (χ2n) is 5.59. The van der Waals surface area contributed by atoms with Crippen molar-refractivity contribution in [3.8, 4) is 11.3 Å². The maximum Gasteiger partial charge on any atom is 0.315 e. The number of nitrogens with zero attached hydrogens (tertiary/aromatic N) is 2. The fourth-order valence-corrected chi connectivity index (χ4v) is 2.87. The van der Waals surface area contributed by atoms with Crippen molar-refractivity contribution in [2.75, 3.05) is 6.54 Å². The van der Waals surface area contributed by atoms with E-state index in [9.17, 15) is 9.59 Å². The molecule has 0 spiro atoms. The molecule has 126 valence electrons. The Morgan fingerprint density at radius 2 is 2.12 bits per heavy atom. The third-order valence-corrected chi connectivity index (χ3v) is 4.23. The third kappa shape index (κ3) is 3.51. The molecular formula is C16H17ClN4O3. The number of benzene rings is 1. The molecule has 1 aliphatic heterocycles. The number of carbonyl (C=O) groups excluding carboxylic acids is 2. The molecule has 24 heavy (non-hydrogen) atoms. The van der Waals surface area contributed by atoms with E-state index in [-0.39, 0.29) is 12.5 Å². The third-order valence-electron chi connectivity index (χ3n) is 3.97. The average Bonchev–Trinajstić information content (AvgIpc) is 3.22. The van der Waals surface area contributed by atoms with E-state index in [1.165, 1.54) is 4.90 Å². The second kappa shape index (κ2) is 6.92. The Morgan fingerprint density at radius 1 is 1.38 bits per heavy atom. The first-order valence-corrected chi connectivity index (χ1v) is 7.97. The highest BCUT2D eigenvalue weighted by atomic mass is 35.5. The van der Waals surface area contributed by atoms with Crippen LogP contribution in [0.3, 0.4) is 0 Å². The van der Waals surface area contributed by atoms with E-state index in [0.29, 0.717) is 29.4 Å². The number of likely N-dealkylation sites (tertiary alicyclic amines) is 1. The summed E-state index contributed by atoms with van der Waals surface area (Å²) in [6.07, 6.45) is 1.38. The number of halogens is 1. The molecule has 7 nitrogen and oxygen atoms in total. The maximum atomic E-state index is 12.2. The number of hydrogen-bond donors (Lipinski definition) is 2. The van der Waals surface area contributed by atoms with Crippen LogP contribution in [0.4, 0.5) is 4.79 Å². The summed E-state index contributed by atoms with van der Waals surface area (Å²) >= 11 is 5.86. The lowest BCUT2D eigenvalue weighted by Gasteiger charge is -2.21. The Kier molecular flexibility index (Phi) is 4.71. The fourth-order valence-electron chi connectivity index (χ4n) is 2.75. The quantitative estimate of drug-likeness (QED) is 0.883. The average molecular weight is 349 g/mol. The van der Waals surface area contributed by atoms with Crippen LogP contribution >= 0.6 is 11.6 Å². The van der Waals surface area contributed by atoms with Crippen molar-refractivity contribution in [3.63, 3.8) is 0 Å². The highest BCUT2D eigenvalue weighted by Crippen LogP contribution is 2.21. The smallest absolute Gasteiger partial charge is 0.315 e. The molecule has 2 aromatic rings. The molecule has 0 radical (unpaired) electrons.